The number of carbonyl (C=O) groups excluding carboxylic acids is 1. The number of nitrogens with zero attached hydrogens (tertiary/aromatic N) is 6. The summed E-state index contributed by atoms with van der Waals surface area (Å²) in [5.41, 5.74) is 4.47. The molecule has 1 amide bonds. The molecule has 4 aromatic rings. The first-order chi connectivity index (χ1) is 13.6. The molecule has 9 heteroatoms. The van der Waals surface area contributed by atoms with Crippen LogP contribution < -0.4 is 5.32 Å². The highest BCUT2D eigenvalue weighted by molar-refractivity contribution is 5.97. The molecule has 9 nitrogen and oxygen atoms in total. The summed E-state index contributed by atoms with van der Waals surface area (Å²) >= 11 is 0. The fraction of sp³-hybridized carbons (Fsp3) is 0.158. The van der Waals surface area contributed by atoms with Crippen molar-refractivity contribution in [1.29, 1.82) is 0 Å². The largest absolute Gasteiger partial charge is 0.341 e. The molecule has 1 atom stereocenters. The molecule has 2 N–H and O–H groups in total. The fourth-order valence-electron chi connectivity index (χ4n) is 3.13. The van der Waals surface area contributed by atoms with Crippen molar-refractivity contribution in [3.8, 4) is 5.82 Å². The molecular formula is C19H18N8O. The molecule has 1 aromatic carbocycles. The zero-order valence-electron chi connectivity index (χ0n) is 15.4. The topological polar surface area (TPSA) is 114 Å². The van der Waals surface area contributed by atoms with Crippen LogP contribution in [-0.4, -0.2) is 41.3 Å². The van der Waals surface area contributed by atoms with E-state index in [1.54, 1.807) is 12.4 Å². The number of benzene rings is 1. The first-order valence-corrected chi connectivity index (χ1v) is 8.68. The van der Waals surface area contributed by atoms with Crippen LogP contribution in [-0.2, 0) is 0 Å². The third-order valence-electron chi connectivity index (χ3n) is 4.47. The van der Waals surface area contributed by atoms with Gasteiger partial charge in [0.05, 0.1) is 12.2 Å². The second-order valence-corrected chi connectivity index (χ2v) is 6.44. The molecule has 3 heterocycles. The maximum Gasteiger partial charge on any atom is 0.257 e. The van der Waals surface area contributed by atoms with Gasteiger partial charge in [0.15, 0.2) is 5.82 Å². The smallest absolute Gasteiger partial charge is 0.257 e. The Balaban J connectivity index is 1.71. The van der Waals surface area contributed by atoms with Crippen molar-refractivity contribution in [2.75, 3.05) is 0 Å². The van der Waals surface area contributed by atoms with Crippen molar-refractivity contribution in [3.05, 3.63) is 83.1 Å². The number of aromatic amines is 1. The first-order valence-electron chi connectivity index (χ1n) is 8.68. The summed E-state index contributed by atoms with van der Waals surface area (Å²) in [6.45, 7) is 4.07. The van der Waals surface area contributed by atoms with Gasteiger partial charge in [-0.05, 0) is 47.0 Å². The van der Waals surface area contributed by atoms with E-state index in [0.717, 1.165) is 22.3 Å². The van der Waals surface area contributed by atoms with E-state index in [4.69, 9.17) is 0 Å². The van der Waals surface area contributed by atoms with Crippen molar-refractivity contribution in [3.63, 3.8) is 0 Å². The van der Waals surface area contributed by atoms with Crippen LogP contribution in [0.5, 0.6) is 0 Å². The number of amides is 1. The van der Waals surface area contributed by atoms with Crippen molar-refractivity contribution >= 4 is 5.91 Å². The fourth-order valence-corrected chi connectivity index (χ4v) is 3.13. The highest BCUT2D eigenvalue weighted by Crippen LogP contribution is 2.26. The van der Waals surface area contributed by atoms with Gasteiger partial charge in [0.2, 0.25) is 0 Å². The highest BCUT2D eigenvalue weighted by atomic mass is 16.1. The van der Waals surface area contributed by atoms with Gasteiger partial charge in [-0.25, -0.2) is 0 Å². The van der Waals surface area contributed by atoms with Gasteiger partial charge in [-0.3, -0.25) is 14.9 Å². The second-order valence-electron chi connectivity index (χ2n) is 6.44. The molecule has 28 heavy (non-hydrogen) atoms. The average Bonchev–Trinajstić information content (AvgIpc) is 3.38. The van der Waals surface area contributed by atoms with Crippen molar-refractivity contribution in [2.24, 2.45) is 0 Å². The van der Waals surface area contributed by atoms with Crippen LogP contribution in [0, 0.1) is 13.8 Å². The molecule has 0 aliphatic carbocycles. The Morgan fingerprint density at radius 2 is 2.11 bits per heavy atom. The Hall–Kier alpha value is -3.88. The molecule has 0 fully saturated rings. The summed E-state index contributed by atoms with van der Waals surface area (Å²) in [5, 5.41) is 20.8. The van der Waals surface area contributed by atoms with E-state index in [2.05, 4.69) is 42.1 Å². The number of hydrogen-bond donors (Lipinski definition) is 2. The lowest BCUT2D eigenvalue weighted by Crippen LogP contribution is -2.30. The maximum atomic E-state index is 13.1. The minimum absolute atomic E-state index is 0.298. The van der Waals surface area contributed by atoms with E-state index in [0.29, 0.717) is 11.4 Å². The van der Waals surface area contributed by atoms with Gasteiger partial charge in [-0.1, -0.05) is 29.8 Å². The summed E-state index contributed by atoms with van der Waals surface area (Å²) in [6, 6.07) is 9.58. The van der Waals surface area contributed by atoms with Gasteiger partial charge in [-0.2, -0.15) is 9.78 Å². The molecular weight excluding hydrogens is 356 g/mol. The van der Waals surface area contributed by atoms with Gasteiger partial charge >= 0.3 is 0 Å². The number of tetrazole rings is 1. The van der Waals surface area contributed by atoms with E-state index in [-0.39, 0.29) is 11.9 Å². The summed E-state index contributed by atoms with van der Waals surface area (Å²) in [4.78, 5) is 17.3. The number of aromatic nitrogens is 7. The van der Waals surface area contributed by atoms with E-state index in [1.165, 1.54) is 17.2 Å². The molecule has 0 spiro atoms. The van der Waals surface area contributed by atoms with Crippen molar-refractivity contribution in [2.45, 2.75) is 19.9 Å². The average molecular weight is 374 g/mol. The van der Waals surface area contributed by atoms with Crippen molar-refractivity contribution in [1.82, 2.24) is 40.7 Å². The van der Waals surface area contributed by atoms with Gasteiger partial charge < -0.3 is 5.32 Å². The summed E-state index contributed by atoms with van der Waals surface area (Å²) in [7, 11) is 0. The standard InChI is InChI=1S/C19H18N8O/c1-12-5-6-15(13(2)8-12)17(14-4-3-7-20-9-14)23-19(28)16-10-21-24-18(16)27-11-22-25-26-27/h3-11,17H,1-2H3,(H,21,24)(H,23,28). The predicted octanol–water partition coefficient (Wildman–Crippen LogP) is 1.92. The van der Waals surface area contributed by atoms with Crippen LogP contribution in [0.15, 0.2) is 55.2 Å². The lowest BCUT2D eigenvalue weighted by molar-refractivity contribution is 0.0943. The van der Waals surface area contributed by atoms with E-state index < -0.39 is 0 Å². The normalized spacial score (nSPS) is 11.9. The molecule has 0 saturated carbocycles. The van der Waals surface area contributed by atoms with Crippen LogP contribution in [0.4, 0.5) is 0 Å². The molecule has 0 aliphatic heterocycles. The lowest BCUT2D eigenvalue weighted by Gasteiger charge is -2.21. The summed E-state index contributed by atoms with van der Waals surface area (Å²) in [5.74, 6) is 0.0983. The minimum atomic E-state index is -0.363. The first kappa shape index (κ1) is 17.5. The van der Waals surface area contributed by atoms with E-state index in [9.17, 15) is 4.79 Å². The Morgan fingerprint density at radius 3 is 2.82 bits per heavy atom. The number of nitrogens with one attached hydrogen (secondary N) is 2. The third-order valence-corrected chi connectivity index (χ3v) is 4.47. The number of hydrogen-bond acceptors (Lipinski definition) is 6. The number of pyridine rings is 1. The molecule has 3 aromatic heterocycles. The zero-order chi connectivity index (χ0) is 19.5. The molecule has 0 radical (unpaired) electrons. The monoisotopic (exact) mass is 374 g/mol. The Labute approximate surface area is 160 Å². The van der Waals surface area contributed by atoms with Gasteiger partial charge in [0.25, 0.3) is 5.91 Å². The number of carbonyl (C=O) groups is 1. The van der Waals surface area contributed by atoms with Crippen LogP contribution in [0.3, 0.4) is 0 Å². The van der Waals surface area contributed by atoms with Crippen LogP contribution in [0.2, 0.25) is 0 Å². The molecule has 140 valence electrons. The summed E-state index contributed by atoms with van der Waals surface area (Å²) in [6.07, 6.45) is 6.31. The Morgan fingerprint density at radius 1 is 1.21 bits per heavy atom. The lowest BCUT2D eigenvalue weighted by atomic mass is 9.94. The number of H-pyrrole nitrogens is 1. The third kappa shape index (κ3) is 3.37. The second kappa shape index (κ2) is 7.39. The SMILES string of the molecule is Cc1ccc(C(NC(=O)c2cn[nH]c2-n2cnnn2)c2cccnc2)c(C)c1. The molecule has 0 bridgehead atoms. The molecule has 0 aliphatic rings. The molecule has 4 rings (SSSR count). The predicted molar refractivity (Wildman–Crippen MR) is 101 cm³/mol. The maximum absolute atomic E-state index is 13.1. The Bertz CT molecular complexity index is 1090. The molecule has 0 saturated heterocycles. The summed E-state index contributed by atoms with van der Waals surface area (Å²) < 4.78 is 1.36. The van der Waals surface area contributed by atoms with Gasteiger partial charge in [0, 0.05) is 12.4 Å². The van der Waals surface area contributed by atoms with Crippen LogP contribution >= 0.6 is 0 Å². The minimum Gasteiger partial charge on any atom is -0.341 e. The van der Waals surface area contributed by atoms with Gasteiger partial charge in [0.1, 0.15) is 11.9 Å². The van der Waals surface area contributed by atoms with Crippen molar-refractivity contribution < 1.29 is 4.79 Å². The molecule has 1 unspecified atom stereocenters. The zero-order valence-corrected chi connectivity index (χ0v) is 15.4. The number of aryl methyl sites for hydroxylation is 2. The quantitative estimate of drug-likeness (QED) is 0.552. The van der Waals surface area contributed by atoms with E-state index in [1.807, 2.05) is 38.1 Å². The number of rotatable bonds is 5. The van der Waals surface area contributed by atoms with Gasteiger partial charge in [-0.15, -0.1) is 5.10 Å². The van der Waals surface area contributed by atoms with E-state index >= 15 is 0 Å². The highest BCUT2D eigenvalue weighted by Gasteiger charge is 2.23. The van der Waals surface area contributed by atoms with Crippen LogP contribution in [0.25, 0.3) is 5.82 Å². The van der Waals surface area contributed by atoms with Crippen LogP contribution in [0.1, 0.15) is 38.7 Å². The Kier molecular flexibility index (Phi) is 4.63.